The van der Waals surface area contributed by atoms with Crippen LogP contribution in [0.1, 0.15) is 32.1 Å². The number of nitrogens with zero attached hydrogens (tertiary/aromatic N) is 4. The first-order valence-electron chi connectivity index (χ1n) is 7.39. The van der Waals surface area contributed by atoms with Crippen LogP contribution in [0.3, 0.4) is 0 Å². The van der Waals surface area contributed by atoms with Gasteiger partial charge in [-0.1, -0.05) is 19.3 Å². The van der Waals surface area contributed by atoms with Crippen LogP contribution in [-0.4, -0.2) is 24.7 Å². The lowest BCUT2D eigenvalue weighted by molar-refractivity contribution is 0.460. The molecule has 0 spiro atoms. The number of imidazole rings is 1. The van der Waals surface area contributed by atoms with E-state index in [1.165, 1.54) is 30.9 Å². The van der Waals surface area contributed by atoms with Gasteiger partial charge in [0.1, 0.15) is 0 Å². The molecule has 3 rings (SSSR count). The molecule has 1 aliphatic rings. The van der Waals surface area contributed by atoms with E-state index in [0.29, 0.717) is 23.2 Å². The summed E-state index contributed by atoms with van der Waals surface area (Å²) in [5.41, 5.74) is 0.233. The molecule has 1 aliphatic carbocycles. The van der Waals surface area contributed by atoms with Crippen LogP contribution in [0.2, 0.25) is 0 Å². The second-order valence-corrected chi connectivity index (χ2v) is 5.85. The lowest BCUT2D eigenvalue weighted by atomic mass is 9.96. The van der Waals surface area contributed by atoms with Crippen molar-refractivity contribution in [2.45, 2.75) is 38.1 Å². The van der Waals surface area contributed by atoms with Gasteiger partial charge in [0.05, 0.1) is 0 Å². The van der Waals surface area contributed by atoms with Gasteiger partial charge in [-0.2, -0.15) is 4.98 Å². The van der Waals surface area contributed by atoms with E-state index in [4.69, 9.17) is 0 Å². The maximum atomic E-state index is 12.3. The van der Waals surface area contributed by atoms with Crippen LogP contribution in [-0.2, 0) is 21.1 Å². The number of anilines is 1. The molecule has 0 saturated heterocycles. The molecule has 0 aromatic carbocycles. The Labute approximate surface area is 122 Å². The zero-order valence-electron chi connectivity index (χ0n) is 12.7. The third-order valence-electron chi connectivity index (χ3n) is 4.41. The highest BCUT2D eigenvalue weighted by atomic mass is 16.2. The van der Waals surface area contributed by atoms with Crippen molar-refractivity contribution in [3.8, 4) is 0 Å². The molecule has 21 heavy (non-hydrogen) atoms. The van der Waals surface area contributed by atoms with Crippen LogP contribution < -0.4 is 16.6 Å². The van der Waals surface area contributed by atoms with Gasteiger partial charge < -0.3 is 9.88 Å². The van der Waals surface area contributed by atoms with Crippen molar-refractivity contribution in [2.24, 2.45) is 21.1 Å². The van der Waals surface area contributed by atoms with Gasteiger partial charge in [0.15, 0.2) is 11.2 Å². The van der Waals surface area contributed by atoms with E-state index in [1.54, 1.807) is 11.6 Å². The van der Waals surface area contributed by atoms with E-state index in [-0.39, 0.29) is 11.2 Å². The fraction of sp³-hybridized carbons (Fsp3) is 0.643. The average Bonchev–Trinajstić information content (AvgIpc) is 2.81. The normalized spacial score (nSPS) is 16.5. The van der Waals surface area contributed by atoms with Crippen LogP contribution in [0.25, 0.3) is 11.2 Å². The predicted octanol–water partition coefficient (Wildman–Crippen LogP) is 0.715. The Balaban J connectivity index is 2.11. The SMILES string of the molecule is Cn1c(=O)c2c(nc(NC3CCCCC3)n2C)n(C)c1=O. The van der Waals surface area contributed by atoms with Crippen molar-refractivity contribution in [1.82, 2.24) is 18.7 Å². The number of aryl methyl sites for hydroxylation is 2. The van der Waals surface area contributed by atoms with Crippen LogP contribution >= 0.6 is 0 Å². The number of hydrogen-bond donors (Lipinski definition) is 1. The number of rotatable bonds is 2. The van der Waals surface area contributed by atoms with Crippen molar-refractivity contribution in [2.75, 3.05) is 5.32 Å². The number of nitrogens with one attached hydrogen (secondary N) is 1. The summed E-state index contributed by atoms with van der Waals surface area (Å²) in [6, 6.07) is 0.398. The van der Waals surface area contributed by atoms with Gasteiger partial charge in [-0.05, 0) is 12.8 Å². The highest BCUT2D eigenvalue weighted by molar-refractivity contribution is 5.74. The third-order valence-corrected chi connectivity index (χ3v) is 4.41. The summed E-state index contributed by atoms with van der Waals surface area (Å²) in [6.45, 7) is 0. The standard InChI is InChI=1S/C14H21N5O2/c1-17-10-11(18(2)14(21)19(3)12(10)20)16-13(17)15-9-7-5-4-6-8-9/h9H,4-8H2,1-3H3,(H,15,16). The minimum absolute atomic E-state index is 0.306. The summed E-state index contributed by atoms with van der Waals surface area (Å²) in [6.07, 6.45) is 5.99. The average molecular weight is 291 g/mol. The molecule has 2 heterocycles. The summed E-state index contributed by atoms with van der Waals surface area (Å²) in [5, 5.41) is 3.42. The van der Waals surface area contributed by atoms with Gasteiger partial charge in [0, 0.05) is 27.2 Å². The Morgan fingerprint density at radius 1 is 1.00 bits per heavy atom. The zero-order chi connectivity index (χ0) is 15.1. The van der Waals surface area contributed by atoms with E-state index in [9.17, 15) is 9.59 Å². The first-order valence-corrected chi connectivity index (χ1v) is 7.39. The zero-order valence-corrected chi connectivity index (χ0v) is 12.7. The molecule has 7 heteroatoms. The smallest absolute Gasteiger partial charge is 0.332 e. The second-order valence-electron chi connectivity index (χ2n) is 5.85. The molecule has 1 N–H and O–H groups in total. The quantitative estimate of drug-likeness (QED) is 0.884. The van der Waals surface area contributed by atoms with E-state index in [1.807, 2.05) is 7.05 Å². The monoisotopic (exact) mass is 291 g/mol. The number of fused-ring (bicyclic) bond motifs is 1. The maximum absolute atomic E-state index is 12.3. The Morgan fingerprint density at radius 2 is 1.67 bits per heavy atom. The molecule has 7 nitrogen and oxygen atoms in total. The molecule has 0 atom stereocenters. The summed E-state index contributed by atoms with van der Waals surface area (Å²) in [4.78, 5) is 28.7. The van der Waals surface area contributed by atoms with Gasteiger partial charge in [0.25, 0.3) is 5.56 Å². The highest BCUT2D eigenvalue weighted by Gasteiger charge is 2.20. The molecule has 0 unspecified atom stereocenters. The maximum Gasteiger partial charge on any atom is 0.332 e. The van der Waals surface area contributed by atoms with Gasteiger partial charge in [-0.3, -0.25) is 13.9 Å². The molecule has 2 aromatic rings. The second kappa shape index (κ2) is 5.05. The van der Waals surface area contributed by atoms with Gasteiger partial charge >= 0.3 is 5.69 Å². The van der Waals surface area contributed by atoms with Crippen LogP contribution in [0.4, 0.5) is 5.95 Å². The van der Waals surface area contributed by atoms with Gasteiger partial charge in [-0.15, -0.1) is 0 Å². The van der Waals surface area contributed by atoms with Crippen LogP contribution in [0.15, 0.2) is 9.59 Å². The van der Waals surface area contributed by atoms with E-state index in [2.05, 4.69) is 10.3 Å². The van der Waals surface area contributed by atoms with Crippen molar-refractivity contribution in [3.05, 3.63) is 20.8 Å². The first kappa shape index (κ1) is 13.9. The molecule has 1 saturated carbocycles. The fourth-order valence-corrected chi connectivity index (χ4v) is 3.08. The molecule has 114 valence electrons. The molecule has 0 aliphatic heterocycles. The largest absolute Gasteiger partial charge is 0.353 e. The number of aromatic nitrogens is 4. The molecule has 0 radical (unpaired) electrons. The minimum Gasteiger partial charge on any atom is -0.353 e. The van der Waals surface area contributed by atoms with E-state index in [0.717, 1.165) is 17.4 Å². The topological polar surface area (TPSA) is 73.8 Å². The Morgan fingerprint density at radius 3 is 2.33 bits per heavy atom. The first-order chi connectivity index (χ1) is 10.0. The molecular weight excluding hydrogens is 270 g/mol. The predicted molar refractivity (Wildman–Crippen MR) is 81.7 cm³/mol. The lowest BCUT2D eigenvalue weighted by Crippen LogP contribution is -2.37. The Hall–Kier alpha value is -2.05. The van der Waals surface area contributed by atoms with E-state index < -0.39 is 0 Å². The van der Waals surface area contributed by atoms with Crippen LogP contribution in [0.5, 0.6) is 0 Å². The molecule has 0 amide bonds. The van der Waals surface area contributed by atoms with Crippen molar-refractivity contribution < 1.29 is 0 Å². The third kappa shape index (κ3) is 2.16. The molecule has 1 fully saturated rings. The summed E-state index contributed by atoms with van der Waals surface area (Å²) in [5.74, 6) is 0.662. The van der Waals surface area contributed by atoms with Crippen molar-refractivity contribution in [3.63, 3.8) is 0 Å². The molecular formula is C14H21N5O2. The highest BCUT2D eigenvalue weighted by Crippen LogP contribution is 2.22. The Bertz CT molecular complexity index is 792. The summed E-state index contributed by atoms with van der Waals surface area (Å²) >= 11 is 0. The summed E-state index contributed by atoms with van der Waals surface area (Å²) in [7, 11) is 4.94. The lowest BCUT2D eigenvalue weighted by Gasteiger charge is -2.23. The summed E-state index contributed by atoms with van der Waals surface area (Å²) < 4.78 is 4.29. The van der Waals surface area contributed by atoms with Crippen molar-refractivity contribution >= 4 is 17.1 Å². The van der Waals surface area contributed by atoms with Crippen LogP contribution in [0, 0.1) is 0 Å². The molecule has 0 bridgehead atoms. The minimum atomic E-state index is -0.352. The van der Waals surface area contributed by atoms with Crippen molar-refractivity contribution in [1.29, 1.82) is 0 Å². The van der Waals surface area contributed by atoms with Gasteiger partial charge in [0.2, 0.25) is 5.95 Å². The Kier molecular flexibility index (Phi) is 3.35. The number of hydrogen-bond acceptors (Lipinski definition) is 4. The fourth-order valence-electron chi connectivity index (χ4n) is 3.08. The molecule has 2 aromatic heterocycles. The van der Waals surface area contributed by atoms with E-state index >= 15 is 0 Å². The van der Waals surface area contributed by atoms with Gasteiger partial charge in [-0.25, -0.2) is 4.79 Å².